The number of amides is 1. The van der Waals surface area contributed by atoms with Crippen molar-refractivity contribution in [2.75, 3.05) is 5.32 Å². The lowest BCUT2D eigenvalue weighted by molar-refractivity contribution is -0.272. The molecule has 0 radical (unpaired) electrons. The van der Waals surface area contributed by atoms with E-state index in [1.165, 1.54) is 5.32 Å². The average molecular weight is 308 g/mol. The SMILES string of the molecule is O=C(Nc1nccc(Cl)n1)C(C(F)(F)F)C(F)(F)F. The fraction of sp³-hybridized carbons (Fsp3) is 0.375. The van der Waals surface area contributed by atoms with E-state index in [0.717, 1.165) is 12.3 Å². The van der Waals surface area contributed by atoms with Gasteiger partial charge in [-0.1, -0.05) is 11.6 Å². The van der Waals surface area contributed by atoms with E-state index in [1.807, 2.05) is 0 Å². The molecule has 0 aliphatic heterocycles. The molecule has 0 saturated heterocycles. The Bertz CT molecular complexity index is 460. The summed E-state index contributed by atoms with van der Waals surface area (Å²) in [5.74, 6) is -7.25. The Morgan fingerprint density at radius 3 is 2.16 bits per heavy atom. The summed E-state index contributed by atoms with van der Waals surface area (Å²) in [6.45, 7) is 0. The Balaban J connectivity index is 2.97. The zero-order valence-corrected chi connectivity index (χ0v) is 9.44. The second-order valence-electron chi connectivity index (χ2n) is 3.21. The summed E-state index contributed by atoms with van der Waals surface area (Å²) in [6.07, 6.45) is -10.6. The van der Waals surface area contributed by atoms with Gasteiger partial charge in [-0.3, -0.25) is 10.1 Å². The molecule has 0 unspecified atom stereocenters. The summed E-state index contributed by atoms with van der Waals surface area (Å²) in [7, 11) is 0. The largest absolute Gasteiger partial charge is 0.409 e. The number of aromatic nitrogens is 2. The minimum Gasteiger partial charge on any atom is -0.294 e. The number of hydrogen-bond donors (Lipinski definition) is 1. The number of halogens is 7. The van der Waals surface area contributed by atoms with E-state index in [-0.39, 0.29) is 5.15 Å². The van der Waals surface area contributed by atoms with Gasteiger partial charge < -0.3 is 0 Å². The van der Waals surface area contributed by atoms with E-state index in [2.05, 4.69) is 9.97 Å². The normalized spacial score (nSPS) is 12.6. The predicted octanol–water partition coefficient (Wildman–Crippen LogP) is 2.81. The molecule has 0 atom stereocenters. The van der Waals surface area contributed by atoms with E-state index in [1.54, 1.807) is 0 Å². The van der Waals surface area contributed by atoms with Crippen molar-refractivity contribution in [1.29, 1.82) is 0 Å². The molecular formula is C8H4ClF6N3O. The first kappa shape index (κ1) is 15.5. The second kappa shape index (κ2) is 5.19. The van der Waals surface area contributed by atoms with E-state index in [9.17, 15) is 31.1 Å². The number of carbonyl (C=O) groups is 1. The van der Waals surface area contributed by atoms with E-state index in [0.29, 0.717) is 0 Å². The summed E-state index contributed by atoms with van der Waals surface area (Å²) in [4.78, 5) is 17.6. The Hall–Kier alpha value is -1.58. The van der Waals surface area contributed by atoms with Crippen LogP contribution in [0, 0.1) is 5.92 Å². The van der Waals surface area contributed by atoms with Crippen LogP contribution in [0.2, 0.25) is 5.15 Å². The molecule has 1 heterocycles. The summed E-state index contributed by atoms with van der Waals surface area (Å²) in [6, 6.07) is 1.13. The highest BCUT2D eigenvalue weighted by atomic mass is 35.5. The topological polar surface area (TPSA) is 54.9 Å². The molecule has 1 amide bonds. The molecule has 1 rings (SSSR count). The Kier molecular flexibility index (Phi) is 4.23. The fourth-order valence-electron chi connectivity index (χ4n) is 1.06. The van der Waals surface area contributed by atoms with Crippen molar-refractivity contribution in [3.8, 4) is 0 Å². The Morgan fingerprint density at radius 2 is 1.74 bits per heavy atom. The highest BCUT2D eigenvalue weighted by Gasteiger charge is 2.61. The van der Waals surface area contributed by atoms with E-state index < -0.39 is 30.1 Å². The Labute approximate surface area is 106 Å². The van der Waals surface area contributed by atoms with Gasteiger partial charge in [0.05, 0.1) is 0 Å². The van der Waals surface area contributed by atoms with Gasteiger partial charge in [-0.2, -0.15) is 26.3 Å². The first-order valence-corrected chi connectivity index (χ1v) is 4.82. The lowest BCUT2D eigenvalue weighted by Crippen LogP contribution is -2.45. The summed E-state index contributed by atoms with van der Waals surface area (Å²) in [5.41, 5.74) is 0. The number of nitrogens with one attached hydrogen (secondary N) is 1. The van der Waals surface area contributed by atoms with Gasteiger partial charge in [0.2, 0.25) is 17.8 Å². The molecule has 1 aromatic heterocycles. The van der Waals surface area contributed by atoms with Crippen LogP contribution in [0.5, 0.6) is 0 Å². The maximum Gasteiger partial charge on any atom is 0.409 e. The van der Waals surface area contributed by atoms with Crippen LogP contribution in [0.1, 0.15) is 0 Å². The molecular weight excluding hydrogens is 304 g/mol. The zero-order chi connectivity index (χ0) is 14.8. The van der Waals surface area contributed by atoms with Gasteiger partial charge in [0, 0.05) is 6.20 Å². The van der Waals surface area contributed by atoms with Gasteiger partial charge in [-0.15, -0.1) is 0 Å². The molecule has 0 saturated carbocycles. The maximum atomic E-state index is 12.2. The van der Waals surface area contributed by atoms with Crippen LogP contribution in [0.15, 0.2) is 12.3 Å². The lowest BCUT2D eigenvalue weighted by Gasteiger charge is -2.21. The Morgan fingerprint density at radius 1 is 1.21 bits per heavy atom. The number of carbonyl (C=O) groups excluding carboxylic acids is 1. The van der Waals surface area contributed by atoms with Gasteiger partial charge in [0.25, 0.3) is 0 Å². The second-order valence-corrected chi connectivity index (χ2v) is 3.60. The molecule has 0 bridgehead atoms. The highest BCUT2D eigenvalue weighted by Crippen LogP contribution is 2.39. The quantitative estimate of drug-likeness (QED) is 0.675. The highest BCUT2D eigenvalue weighted by molar-refractivity contribution is 6.29. The van der Waals surface area contributed by atoms with Crippen molar-refractivity contribution in [3.05, 3.63) is 17.4 Å². The van der Waals surface area contributed by atoms with Crippen molar-refractivity contribution < 1.29 is 31.1 Å². The van der Waals surface area contributed by atoms with Gasteiger partial charge in [0.1, 0.15) is 5.15 Å². The zero-order valence-electron chi connectivity index (χ0n) is 8.68. The lowest BCUT2D eigenvalue weighted by atomic mass is 10.1. The van der Waals surface area contributed by atoms with E-state index >= 15 is 0 Å². The van der Waals surface area contributed by atoms with Gasteiger partial charge in [0.15, 0.2) is 0 Å². The molecule has 11 heteroatoms. The monoisotopic (exact) mass is 307 g/mol. The summed E-state index contributed by atoms with van der Waals surface area (Å²) < 4.78 is 73.2. The molecule has 106 valence electrons. The first-order valence-electron chi connectivity index (χ1n) is 4.44. The first-order chi connectivity index (χ1) is 8.51. The molecule has 0 aromatic carbocycles. The van der Waals surface area contributed by atoms with Crippen LogP contribution in [-0.4, -0.2) is 28.2 Å². The fourth-order valence-corrected chi connectivity index (χ4v) is 1.20. The van der Waals surface area contributed by atoms with Crippen molar-refractivity contribution in [3.63, 3.8) is 0 Å². The van der Waals surface area contributed by atoms with Crippen LogP contribution in [0.3, 0.4) is 0 Å². The molecule has 0 fully saturated rings. The third kappa shape index (κ3) is 4.23. The number of nitrogens with zero attached hydrogens (tertiary/aromatic N) is 2. The van der Waals surface area contributed by atoms with Crippen molar-refractivity contribution >= 4 is 23.5 Å². The predicted molar refractivity (Wildman–Crippen MR) is 51.3 cm³/mol. The average Bonchev–Trinajstić information content (AvgIpc) is 2.11. The molecule has 0 spiro atoms. The number of hydrogen-bond acceptors (Lipinski definition) is 3. The molecule has 4 nitrogen and oxygen atoms in total. The molecule has 0 aliphatic rings. The number of alkyl halides is 6. The van der Waals surface area contributed by atoms with Crippen LogP contribution in [0.25, 0.3) is 0 Å². The van der Waals surface area contributed by atoms with Crippen LogP contribution < -0.4 is 5.32 Å². The van der Waals surface area contributed by atoms with Crippen LogP contribution in [-0.2, 0) is 4.79 Å². The van der Waals surface area contributed by atoms with Gasteiger partial charge >= 0.3 is 12.4 Å². The standard InChI is InChI=1S/C8H4ClF6N3O/c9-3-1-2-16-6(17-3)18-5(19)4(7(10,11)12)8(13,14)15/h1-2,4H,(H,16,17,18,19). The minimum atomic E-state index is -5.78. The number of rotatable bonds is 2. The van der Waals surface area contributed by atoms with Crippen molar-refractivity contribution in [2.24, 2.45) is 5.92 Å². The summed E-state index contributed by atoms with van der Waals surface area (Å²) in [5, 5.41) is 1.06. The third-order valence-electron chi connectivity index (χ3n) is 1.77. The molecule has 1 N–H and O–H groups in total. The summed E-state index contributed by atoms with van der Waals surface area (Å²) >= 11 is 5.34. The van der Waals surface area contributed by atoms with Gasteiger partial charge in [-0.05, 0) is 6.07 Å². The third-order valence-corrected chi connectivity index (χ3v) is 1.98. The van der Waals surface area contributed by atoms with Crippen LogP contribution >= 0.6 is 11.6 Å². The minimum absolute atomic E-state index is 0.249. The maximum absolute atomic E-state index is 12.2. The van der Waals surface area contributed by atoms with Crippen molar-refractivity contribution in [2.45, 2.75) is 12.4 Å². The van der Waals surface area contributed by atoms with E-state index in [4.69, 9.17) is 11.6 Å². The van der Waals surface area contributed by atoms with Gasteiger partial charge in [-0.25, -0.2) is 9.97 Å². The molecule has 0 aliphatic carbocycles. The molecule has 19 heavy (non-hydrogen) atoms. The van der Waals surface area contributed by atoms with Crippen molar-refractivity contribution in [1.82, 2.24) is 9.97 Å². The smallest absolute Gasteiger partial charge is 0.294 e. The van der Waals surface area contributed by atoms with Crippen LogP contribution in [0.4, 0.5) is 32.3 Å². The molecule has 1 aromatic rings. The number of anilines is 1.